The zero-order valence-electron chi connectivity index (χ0n) is 13.4. The number of para-hydroxylation sites is 2. The van der Waals surface area contributed by atoms with Gasteiger partial charge in [0.2, 0.25) is 5.91 Å². The van der Waals surface area contributed by atoms with Gasteiger partial charge >= 0.3 is 0 Å². The van der Waals surface area contributed by atoms with E-state index in [1.807, 2.05) is 6.92 Å². The Morgan fingerprint density at radius 2 is 1.80 bits per heavy atom. The minimum Gasteiger partial charge on any atom is -0.492 e. The maximum Gasteiger partial charge on any atom is 0.269 e. The number of hydrogen-bond donors (Lipinski definition) is 1. The number of hydrogen-bond acceptors (Lipinski definition) is 5. The minimum absolute atomic E-state index is 0.0741. The van der Waals surface area contributed by atoms with Crippen molar-refractivity contribution in [3.8, 4) is 5.75 Å². The second-order valence-corrected chi connectivity index (χ2v) is 7.12. The van der Waals surface area contributed by atoms with Crippen molar-refractivity contribution < 1.29 is 22.7 Å². The molecule has 2 amide bonds. The number of carbonyl (C=O) groups is 2. The standard InChI is InChI=1S/C17H16N2O5S/c1-2-24-14-9-5-4-8-13(14)18-16(20)11-19-17(21)12-7-3-6-10-15(12)25(19,22)23/h3-10H,2,11H2,1H3,(H,18,20). The second kappa shape index (κ2) is 6.56. The molecule has 0 bridgehead atoms. The lowest BCUT2D eigenvalue weighted by atomic mass is 10.2. The number of amides is 2. The fourth-order valence-electron chi connectivity index (χ4n) is 2.56. The van der Waals surface area contributed by atoms with Gasteiger partial charge in [0.15, 0.2) is 0 Å². The van der Waals surface area contributed by atoms with E-state index in [-0.39, 0.29) is 10.5 Å². The van der Waals surface area contributed by atoms with Crippen LogP contribution in [0.5, 0.6) is 5.75 Å². The average Bonchev–Trinajstić information content (AvgIpc) is 2.78. The lowest BCUT2D eigenvalue weighted by Crippen LogP contribution is -2.37. The zero-order chi connectivity index (χ0) is 18.0. The van der Waals surface area contributed by atoms with Gasteiger partial charge in [-0.2, -0.15) is 0 Å². The third-order valence-corrected chi connectivity index (χ3v) is 5.45. The Hall–Kier alpha value is -2.87. The Labute approximate surface area is 145 Å². The van der Waals surface area contributed by atoms with Crippen molar-refractivity contribution >= 4 is 27.5 Å². The van der Waals surface area contributed by atoms with Crippen LogP contribution >= 0.6 is 0 Å². The predicted octanol–water partition coefficient (Wildman–Crippen LogP) is 1.87. The van der Waals surface area contributed by atoms with E-state index in [2.05, 4.69) is 5.32 Å². The van der Waals surface area contributed by atoms with Crippen LogP contribution in [0.2, 0.25) is 0 Å². The Morgan fingerprint density at radius 3 is 2.52 bits per heavy atom. The van der Waals surface area contributed by atoms with E-state index >= 15 is 0 Å². The van der Waals surface area contributed by atoms with Gasteiger partial charge < -0.3 is 10.1 Å². The maximum absolute atomic E-state index is 12.5. The Morgan fingerprint density at radius 1 is 1.12 bits per heavy atom. The van der Waals surface area contributed by atoms with E-state index in [1.165, 1.54) is 18.2 Å². The third kappa shape index (κ3) is 3.08. The van der Waals surface area contributed by atoms with E-state index < -0.39 is 28.4 Å². The molecular weight excluding hydrogens is 344 g/mol. The van der Waals surface area contributed by atoms with Crippen LogP contribution in [0.1, 0.15) is 17.3 Å². The third-order valence-electron chi connectivity index (χ3n) is 3.66. The molecule has 0 spiro atoms. The number of anilines is 1. The van der Waals surface area contributed by atoms with Crippen molar-refractivity contribution in [2.75, 3.05) is 18.5 Å². The largest absolute Gasteiger partial charge is 0.492 e. The summed E-state index contributed by atoms with van der Waals surface area (Å²) < 4.78 is 30.9. The van der Waals surface area contributed by atoms with Crippen LogP contribution in [0, 0.1) is 0 Å². The molecule has 130 valence electrons. The molecule has 0 aromatic heterocycles. The highest BCUT2D eigenvalue weighted by Crippen LogP contribution is 2.30. The first-order valence-corrected chi connectivity index (χ1v) is 9.07. The van der Waals surface area contributed by atoms with Gasteiger partial charge in [-0.05, 0) is 31.2 Å². The number of ether oxygens (including phenoxy) is 1. The molecule has 1 aliphatic rings. The molecule has 0 radical (unpaired) electrons. The molecule has 8 heteroatoms. The smallest absolute Gasteiger partial charge is 0.269 e. The van der Waals surface area contributed by atoms with Crippen LogP contribution in [0.15, 0.2) is 53.4 Å². The monoisotopic (exact) mass is 360 g/mol. The molecule has 25 heavy (non-hydrogen) atoms. The van der Waals surface area contributed by atoms with Crippen LogP contribution in [0.4, 0.5) is 5.69 Å². The number of rotatable bonds is 5. The van der Waals surface area contributed by atoms with E-state index in [0.717, 1.165) is 0 Å². The number of nitrogens with zero attached hydrogens (tertiary/aromatic N) is 1. The summed E-state index contributed by atoms with van der Waals surface area (Å²) >= 11 is 0. The van der Waals surface area contributed by atoms with Gasteiger partial charge in [-0.25, -0.2) is 12.7 Å². The summed E-state index contributed by atoms with van der Waals surface area (Å²) in [6, 6.07) is 12.7. The maximum atomic E-state index is 12.5. The average molecular weight is 360 g/mol. The first kappa shape index (κ1) is 17.0. The highest BCUT2D eigenvalue weighted by atomic mass is 32.2. The lowest BCUT2D eigenvalue weighted by molar-refractivity contribution is -0.116. The van der Waals surface area contributed by atoms with Crippen molar-refractivity contribution in [2.24, 2.45) is 0 Å². The zero-order valence-corrected chi connectivity index (χ0v) is 14.2. The summed E-state index contributed by atoms with van der Waals surface area (Å²) in [4.78, 5) is 24.5. The first-order valence-electron chi connectivity index (χ1n) is 7.63. The summed E-state index contributed by atoms with van der Waals surface area (Å²) in [6.07, 6.45) is 0. The quantitative estimate of drug-likeness (QED) is 0.879. The molecule has 0 saturated heterocycles. The normalized spacial score (nSPS) is 14.9. The van der Waals surface area contributed by atoms with E-state index in [9.17, 15) is 18.0 Å². The molecule has 1 aliphatic heterocycles. The van der Waals surface area contributed by atoms with Crippen molar-refractivity contribution in [2.45, 2.75) is 11.8 Å². The van der Waals surface area contributed by atoms with Gasteiger partial charge in [0.1, 0.15) is 17.2 Å². The van der Waals surface area contributed by atoms with E-state index in [1.54, 1.807) is 30.3 Å². The first-order chi connectivity index (χ1) is 11.9. The van der Waals surface area contributed by atoms with Crippen molar-refractivity contribution in [3.05, 3.63) is 54.1 Å². The van der Waals surface area contributed by atoms with Gasteiger partial charge in [-0.15, -0.1) is 0 Å². The lowest BCUT2D eigenvalue weighted by Gasteiger charge is -2.16. The van der Waals surface area contributed by atoms with Crippen LogP contribution in [-0.2, 0) is 14.8 Å². The Kier molecular flexibility index (Phi) is 4.45. The van der Waals surface area contributed by atoms with Crippen LogP contribution in [0.25, 0.3) is 0 Å². The Bertz CT molecular complexity index is 940. The molecular formula is C17H16N2O5S. The van der Waals surface area contributed by atoms with Crippen molar-refractivity contribution in [1.82, 2.24) is 4.31 Å². The van der Waals surface area contributed by atoms with E-state index in [4.69, 9.17) is 4.74 Å². The fraction of sp³-hybridized carbons (Fsp3) is 0.176. The molecule has 0 aliphatic carbocycles. The highest BCUT2D eigenvalue weighted by Gasteiger charge is 2.41. The number of benzene rings is 2. The van der Waals surface area contributed by atoms with Crippen LogP contribution < -0.4 is 10.1 Å². The number of nitrogens with one attached hydrogen (secondary N) is 1. The van der Waals surface area contributed by atoms with Crippen LogP contribution in [0.3, 0.4) is 0 Å². The molecule has 1 heterocycles. The van der Waals surface area contributed by atoms with Gasteiger partial charge in [0.25, 0.3) is 15.9 Å². The molecule has 0 saturated carbocycles. The summed E-state index contributed by atoms with van der Waals surface area (Å²) in [6.45, 7) is 1.63. The molecule has 2 aromatic carbocycles. The fourth-order valence-corrected chi connectivity index (χ4v) is 4.08. The number of sulfonamides is 1. The summed E-state index contributed by atoms with van der Waals surface area (Å²) in [5, 5.41) is 2.59. The molecule has 2 aromatic rings. The molecule has 3 rings (SSSR count). The molecule has 0 fully saturated rings. The summed E-state index contributed by atoms with van der Waals surface area (Å²) in [5.74, 6) is -0.863. The van der Waals surface area contributed by atoms with Crippen molar-refractivity contribution in [1.29, 1.82) is 0 Å². The van der Waals surface area contributed by atoms with Gasteiger partial charge in [-0.3, -0.25) is 9.59 Å². The predicted molar refractivity (Wildman–Crippen MR) is 90.9 cm³/mol. The molecule has 1 N–H and O–H groups in total. The van der Waals surface area contributed by atoms with Gasteiger partial charge in [-0.1, -0.05) is 24.3 Å². The minimum atomic E-state index is -4.01. The molecule has 0 atom stereocenters. The number of fused-ring (bicyclic) bond motifs is 1. The van der Waals surface area contributed by atoms with E-state index in [0.29, 0.717) is 22.3 Å². The SMILES string of the molecule is CCOc1ccccc1NC(=O)CN1C(=O)c2ccccc2S1(=O)=O. The topological polar surface area (TPSA) is 92.8 Å². The molecule has 0 unspecified atom stereocenters. The highest BCUT2D eigenvalue weighted by molar-refractivity contribution is 7.90. The number of carbonyl (C=O) groups excluding carboxylic acids is 2. The van der Waals surface area contributed by atoms with Crippen LogP contribution in [-0.4, -0.2) is 37.7 Å². The molecule has 7 nitrogen and oxygen atoms in total. The van der Waals surface area contributed by atoms with Gasteiger partial charge in [0, 0.05) is 0 Å². The Balaban J connectivity index is 1.80. The second-order valence-electron chi connectivity index (χ2n) is 5.29. The van der Waals surface area contributed by atoms with Crippen molar-refractivity contribution in [3.63, 3.8) is 0 Å². The van der Waals surface area contributed by atoms with Gasteiger partial charge in [0.05, 0.1) is 17.9 Å². The summed E-state index contributed by atoms with van der Waals surface area (Å²) in [7, 11) is -4.01. The summed E-state index contributed by atoms with van der Waals surface area (Å²) in [5.41, 5.74) is 0.487.